The number of aliphatic hydroxyl groups is 1. The summed E-state index contributed by atoms with van der Waals surface area (Å²) in [5, 5.41) is 8.24. The average molecular weight is 116 g/mol. The maximum Gasteiger partial charge on any atom is 0.124 e. The van der Waals surface area contributed by atoms with Crippen LogP contribution >= 0.6 is 0 Å². The van der Waals surface area contributed by atoms with E-state index in [1.807, 2.05) is 0 Å². The Morgan fingerprint density at radius 1 is 1.62 bits per heavy atom. The Morgan fingerprint density at radius 2 is 2.25 bits per heavy atom. The highest BCUT2D eigenvalue weighted by Crippen LogP contribution is 2.28. The van der Waals surface area contributed by atoms with E-state index < -0.39 is 6.61 Å². The standard InChI is InChI=1S/C6H9FO/c7-6(4-8)5-2-1-3-5/h8H,1-4H2. The van der Waals surface area contributed by atoms with Crippen LogP contribution in [0.2, 0.25) is 0 Å². The summed E-state index contributed by atoms with van der Waals surface area (Å²) in [7, 11) is 0. The van der Waals surface area contributed by atoms with Crippen LogP contribution in [0.3, 0.4) is 0 Å². The van der Waals surface area contributed by atoms with E-state index in [0.717, 1.165) is 24.8 Å². The SMILES string of the molecule is OCC(F)=C1CCC1. The molecule has 2 heteroatoms. The van der Waals surface area contributed by atoms with Crippen LogP contribution in [-0.4, -0.2) is 11.7 Å². The molecule has 0 saturated heterocycles. The van der Waals surface area contributed by atoms with Gasteiger partial charge in [-0.2, -0.15) is 0 Å². The highest BCUT2D eigenvalue weighted by molar-refractivity contribution is 5.14. The molecule has 0 unspecified atom stereocenters. The van der Waals surface area contributed by atoms with Gasteiger partial charge in [-0.25, -0.2) is 4.39 Å². The van der Waals surface area contributed by atoms with Crippen molar-refractivity contribution < 1.29 is 9.50 Å². The van der Waals surface area contributed by atoms with Gasteiger partial charge < -0.3 is 5.11 Å². The Bertz CT molecular complexity index is 106. The van der Waals surface area contributed by atoms with E-state index in [0.29, 0.717) is 0 Å². The first-order valence-electron chi connectivity index (χ1n) is 2.82. The Morgan fingerprint density at radius 3 is 2.38 bits per heavy atom. The molecule has 0 aromatic heterocycles. The Labute approximate surface area is 47.8 Å². The molecule has 1 aliphatic carbocycles. The molecule has 0 amide bonds. The molecule has 1 rings (SSSR count). The summed E-state index contributed by atoms with van der Waals surface area (Å²) in [4.78, 5) is 0. The zero-order valence-electron chi connectivity index (χ0n) is 4.65. The minimum absolute atomic E-state index is 0.309. The van der Waals surface area contributed by atoms with E-state index in [9.17, 15) is 4.39 Å². The predicted molar refractivity (Wildman–Crippen MR) is 29.1 cm³/mol. The van der Waals surface area contributed by atoms with Gasteiger partial charge in [0.05, 0.1) is 6.61 Å². The number of rotatable bonds is 1. The van der Waals surface area contributed by atoms with Crippen LogP contribution in [0.1, 0.15) is 19.3 Å². The summed E-state index contributed by atoms with van der Waals surface area (Å²) < 4.78 is 12.2. The van der Waals surface area contributed by atoms with Gasteiger partial charge in [-0.3, -0.25) is 0 Å². The fourth-order valence-electron chi connectivity index (χ4n) is 0.737. The van der Waals surface area contributed by atoms with Gasteiger partial charge in [0.1, 0.15) is 5.83 Å². The van der Waals surface area contributed by atoms with Gasteiger partial charge in [0.2, 0.25) is 0 Å². The van der Waals surface area contributed by atoms with Crippen LogP contribution in [0.4, 0.5) is 4.39 Å². The molecule has 1 aliphatic rings. The summed E-state index contributed by atoms with van der Waals surface area (Å²) in [5.41, 5.74) is 0.812. The molecule has 1 nitrogen and oxygen atoms in total. The third kappa shape index (κ3) is 0.892. The largest absolute Gasteiger partial charge is 0.389 e. The van der Waals surface area contributed by atoms with Crippen LogP contribution in [-0.2, 0) is 0 Å². The van der Waals surface area contributed by atoms with E-state index in [1.165, 1.54) is 0 Å². The molecule has 0 aliphatic heterocycles. The van der Waals surface area contributed by atoms with Crippen molar-refractivity contribution in [2.75, 3.05) is 6.61 Å². The minimum atomic E-state index is -0.407. The average Bonchev–Trinajstić information content (AvgIpc) is 1.62. The lowest BCUT2D eigenvalue weighted by molar-refractivity contribution is 0.291. The van der Waals surface area contributed by atoms with Crippen molar-refractivity contribution in [1.82, 2.24) is 0 Å². The van der Waals surface area contributed by atoms with Crippen molar-refractivity contribution in [3.05, 3.63) is 11.4 Å². The molecule has 0 bridgehead atoms. The maximum atomic E-state index is 12.2. The third-order valence-corrected chi connectivity index (χ3v) is 1.48. The van der Waals surface area contributed by atoms with Crippen LogP contribution < -0.4 is 0 Å². The summed E-state index contributed by atoms with van der Waals surface area (Å²) in [5.74, 6) is -0.309. The minimum Gasteiger partial charge on any atom is -0.389 e. The lowest BCUT2D eigenvalue weighted by Gasteiger charge is -2.16. The van der Waals surface area contributed by atoms with Gasteiger partial charge in [-0.05, 0) is 24.8 Å². The first-order valence-corrected chi connectivity index (χ1v) is 2.82. The van der Waals surface area contributed by atoms with E-state index >= 15 is 0 Å². The molecule has 1 N–H and O–H groups in total. The second kappa shape index (κ2) is 2.27. The van der Waals surface area contributed by atoms with Gasteiger partial charge in [0.25, 0.3) is 0 Å². The molecule has 46 valence electrons. The van der Waals surface area contributed by atoms with Crippen molar-refractivity contribution in [2.45, 2.75) is 19.3 Å². The predicted octanol–water partition coefficient (Wildman–Crippen LogP) is 1.39. The van der Waals surface area contributed by atoms with Crippen molar-refractivity contribution in [3.8, 4) is 0 Å². The molecule has 0 spiro atoms. The van der Waals surface area contributed by atoms with Crippen molar-refractivity contribution in [3.63, 3.8) is 0 Å². The molecule has 0 aromatic rings. The second-order valence-corrected chi connectivity index (χ2v) is 2.02. The zero-order chi connectivity index (χ0) is 5.98. The summed E-state index contributed by atoms with van der Waals surface area (Å²) in [6.45, 7) is -0.407. The fraction of sp³-hybridized carbons (Fsp3) is 0.667. The van der Waals surface area contributed by atoms with Crippen LogP contribution in [0, 0.1) is 0 Å². The molecule has 1 saturated carbocycles. The van der Waals surface area contributed by atoms with Gasteiger partial charge >= 0.3 is 0 Å². The molecule has 0 radical (unpaired) electrons. The number of hydrogen-bond acceptors (Lipinski definition) is 1. The molecule has 0 atom stereocenters. The third-order valence-electron chi connectivity index (χ3n) is 1.48. The smallest absolute Gasteiger partial charge is 0.124 e. The van der Waals surface area contributed by atoms with Crippen LogP contribution in [0.15, 0.2) is 11.4 Å². The van der Waals surface area contributed by atoms with Gasteiger partial charge in [-0.1, -0.05) is 0 Å². The number of aliphatic hydroxyl groups excluding tert-OH is 1. The van der Waals surface area contributed by atoms with Crippen LogP contribution in [0.5, 0.6) is 0 Å². The summed E-state index contributed by atoms with van der Waals surface area (Å²) in [6, 6.07) is 0. The fourth-order valence-corrected chi connectivity index (χ4v) is 0.737. The zero-order valence-corrected chi connectivity index (χ0v) is 4.65. The maximum absolute atomic E-state index is 12.2. The molecular weight excluding hydrogens is 107 g/mol. The Hall–Kier alpha value is -0.370. The van der Waals surface area contributed by atoms with Crippen molar-refractivity contribution in [2.24, 2.45) is 0 Å². The van der Waals surface area contributed by atoms with Crippen molar-refractivity contribution in [1.29, 1.82) is 0 Å². The van der Waals surface area contributed by atoms with E-state index in [4.69, 9.17) is 5.11 Å². The Balaban J connectivity index is 2.47. The van der Waals surface area contributed by atoms with Crippen LogP contribution in [0.25, 0.3) is 0 Å². The summed E-state index contributed by atoms with van der Waals surface area (Å²) >= 11 is 0. The lowest BCUT2D eigenvalue weighted by Crippen LogP contribution is -2.01. The van der Waals surface area contributed by atoms with Gasteiger partial charge in [-0.15, -0.1) is 0 Å². The first kappa shape index (κ1) is 5.76. The molecule has 0 aromatic carbocycles. The van der Waals surface area contributed by atoms with Gasteiger partial charge in [0, 0.05) is 0 Å². The normalized spacial score (nSPS) is 18.0. The number of halogens is 1. The highest BCUT2D eigenvalue weighted by Gasteiger charge is 2.12. The second-order valence-electron chi connectivity index (χ2n) is 2.02. The summed E-state index contributed by atoms with van der Waals surface area (Å²) in [6.07, 6.45) is 2.79. The van der Waals surface area contributed by atoms with E-state index in [2.05, 4.69) is 0 Å². The number of hydrogen-bond donors (Lipinski definition) is 1. The molecule has 0 heterocycles. The molecular formula is C6H9FO. The highest BCUT2D eigenvalue weighted by atomic mass is 19.1. The topological polar surface area (TPSA) is 20.2 Å². The monoisotopic (exact) mass is 116 g/mol. The van der Waals surface area contributed by atoms with Gasteiger partial charge in [0.15, 0.2) is 0 Å². The quantitative estimate of drug-likeness (QED) is 0.548. The number of allylic oxidation sites excluding steroid dienone is 1. The molecule has 1 fully saturated rings. The first-order chi connectivity index (χ1) is 3.84. The van der Waals surface area contributed by atoms with E-state index in [-0.39, 0.29) is 5.83 Å². The Kier molecular flexibility index (Phi) is 1.63. The van der Waals surface area contributed by atoms with E-state index in [1.54, 1.807) is 0 Å². The lowest BCUT2D eigenvalue weighted by atomic mass is 9.92. The van der Waals surface area contributed by atoms with Crippen molar-refractivity contribution >= 4 is 0 Å². The molecule has 8 heavy (non-hydrogen) atoms.